The van der Waals surface area contributed by atoms with Gasteiger partial charge in [-0.3, -0.25) is 0 Å². The minimum Gasteiger partial charge on any atom is -0.472 e. The second-order valence-corrected chi connectivity index (χ2v) is 5.78. The Hall–Kier alpha value is -1.36. The molecular weight excluding hydrogens is 254 g/mol. The lowest BCUT2D eigenvalue weighted by Gasteiger charge is -2.20. The maximum Gasteiger partial charge on any atom is 0.219 e. The predicted octanol–water partition coefficient (Wildman–Crippen LogP) is 3.01. The van der Waals surface area contributed by atoms with E-state index in [2.05, 4.69) is 36.1 Å². The van der Waals surface area contributed by atoms with Crippen molar-refractivity contribution in [3.63, 3.8) is 0 Å². The largest absolute Gasteiger partial charge is 0.472 e. The number of hydrogen-bond acceptors (Lipinski definition) is 5. The zero-order chi connectivity index (χ0) is 15.2. The molecule has 5 heteroatoms. The van der Waals surface area contributed by atoms with Crippen LogP contribution in [0.5, 0.6) is 5.88 Å². The topological polar surface area (TPSA) is 56.3 Å². The number of nitrogens with one attached hydrogen (secondary N) is 1. The molecule has 1 aromatic heterocycles. The van der Waals surface area contributed by atoms with Crippen molar-refractivity contribution in [1.82, 2.24) is 9.97 Å². The molecule has 0 aliphatic heterocycles. The van der Waals surface area contributed by atoms with Gasteiger partial charge in [0, 0.05) is 24.6 Å². The Balaban J connectivity index is 2.91. The van der Waals surface area contributed by atoms with Gasteiger partial charge in [-0.25, -0.2) is 4.98 Å². The molecule has 114 valence electrons. The van der Waals surface area contributed by atoms with Crippen molar-refractivity contribution in [2.45, 2.75) is 53.1 Å². The lowest BCUT2D eigenvalue weighted by Crippen LogP contribution is -2.22. The molecule has 1 aromatic rings. The Labute approximate surface area is 122 Å². The molecule has 1 N–H and O–H groups in total. The van der Waals surface area contributed by atoms with Gasteiger partial charge in [0.05, 0.1) is 6.61 Å². The zero-order valence-corrected chi connectivity index (χ0v) is 13.5. The SMILES string of the molecule is CCNc1cc(OC(C)COCC)nc(C(C)(C)C)n1. The van der Waals surface area contributed by atoms with Crippen LogP contribution in [0.3, 0.4) is 0 Å². The number of aromatic nitrogens is 2. The van der Waals surface area contributed by atoms with Gasteiger partial charge in [0.1, 0.15) is 17.7 Å². The van der Waals surface area contributed by atoms with Crippen LogP contribution in [0.15, 0.2) is 6.07 Å². The minimum absolute atomic E-state index is 0.0351. The molecule has 0 aliphatic carbocycles. The molecule has 0 radical (unpaired) electrons. The van der Waals surface area contributed by atoms with E-state index in [1.807, 2.05) is 26.8 Å². The highest BCUT2D eigenvalue weighted by atomic mass is 16.5. The number of rotatable bonds is 7. The minimum atomic E-state index is -0.118. The first kappa shape index (κ1) is 16.7. The van der Waals surface area contributed by atoms with Crippen molar-refractivity contribution in [3.8, 4) is 5.88 Å². The first-order chi connectivity index (χ1) is 9.36. The maximum atomic E-state index is 5.82. The molecule has 1 atom stereocenters. The van der Waals surface area contributed by atoms with Gasteiger partial charge < -0.3 is 14.8 Å². The smallest absolute Gasteiger partial charge is 0.219 e. The van der Waals surface area contributed by atoms with Gasteiger partial charge in [-0.15, -0.1) is 0 Å². The summed E-state index contributed by atoms with van der Waals surface area (Å²) in [4.78, 5) is 9.04. The fraction of sp³-hybridized carbons (Fsp3) is 0.733. The quantitative estimate of drug-likeness (QED) is 0.832. The summed E-state index contributed by atoms with van der Waals surface area (Å²) in [6, 6.07) is 1.83. The molecule has 20 heavy (non-hydrogen) atoms. The van der Waals surface area contributed by atoms with Crippen molar-refractivity contribution < 1.29 is 9.47 Å². The number of ether oxygens (including phenoxy) is 2. The summed E-state index contributed by atoms with van der Waals surface area (Å²) in [5.41, 5.74) is -0.118. The third-order valence-electron chi connectivity index (χ3n) is 2.61. The van der Waals surface area contributed by atoms with Gasteiger partial charge in [-0.1, -0.05) is 20.8 Å². The number of nitrogens with zero attached hydrogens (tertiary/aromatic N) is 2. The van der Waals surface area contributed by atoms with Gasteiger partial charge in [-0.2, -0.15) is 4.98 Å². The summed E-state index contributed by atoms with van der Waals surface area (Å²) in [6.07, 6.45) is -0.0351. The zero-order valence-electron chi connectivity index (χ0n) is 13.5. The van der Waals surface area contributed by atoms with Crippen LogP contribution >= 0.6 is 0 Å². The summed E-state index contributed by atoms with van der Waals surface area (Å²) >= 11 is 0. The van der Waals surface area contributed by atoms with Crippen LogP contribution in [0.2, 0.25) is 0 Å². The van der Waals surface area contributed by atoms with Crippen LogP contribution in [0.1, 0.15) is 47.4 Å². The molecular formula is C15H27N3O2. The highest BCUT2D eigenvalue weighted by Crippen LogP contribution is 2.23. The second kappa shape index (κ2) is 7.43. The first-order valence-electron chi connectivity index (χ1n) is 7.24. The van der Waals surface area contributed by atoms with Crippen LogP contribution in [0, 0.1) is 0 Å². The molecule has 0 aromatic carbocycles. The highest BCUT2D eigenvalue weighted by Gasteiger charge is 2.20. The van der Waals surface area contributed by atoms with E-state index in [1.54, 1.807) is 0 Å². The van der Waals surface area contributed by atoms with Crippen LogP contribution in [0.25, 0.3) is 0 Å². The molecule has 0 fully saturated rings. The lowest BCUT2D eigenvalue weighted by atomic mass is 9.96. The normalized spacial score (nSPS) is 13.1. The Kier molecular flexibility index (Phi) is 6.20. The van der Waals surface area contributed by atoms with Crippen molar-refractivity contribution in [2.75, 3.05) is 25.1 Å². The van der Waals surface area contributed by atoms with Gasteiger partial charge >= 0.3 is 0 Å². The predicted molar refractivity (Wildman–Crippen MR) is 81.5 cm³/mol. The summed E-state index contributed by atoms with van der Waals surface area (Å²) in [5.74, 6) is 2.16. The third-order valence-corrected chi connectivity index (χ3v) is 2.61. The van der Waals surface area contributed by atoms with Crippen molar-refractivity contribution >= 4 is 5.82 Å². The molecule has 0 amide bonds. The van der Waals surface area contributed by atoms with Crippen LogP contribution < -0.4 is 10.1 Å². The van der Waals surface area contributed by atoms with Gasteiger partial charge in [0.15, 0.2) is 0 Å². The van der Waals surface area contributed by atoms with Crippen molar-refractivity contribution in [2.24, 2.45) is 0 Å². The van der Waals surface area contributed by atoms with Crippen LogP contribution in [0.4, 0.5) is 5.82 Å². The molecule has 1 unspecified atom stereocenters. The standard InChI is InChI=1S/C15H27N3O2/c1-7-16-12-9-13(20-11(3)10-19-8-2)18-14(17-12)15(4,5)6/h9,11H,7-8,10H2,1-6H3,(H,16,17,18). The molecule has 0 saturated heterocycles. The van der Waals surface area contributed by atoms with E-state index in [-0.39, 0.29) is 11.5 Å². The van der Waals surface area contributed by atoms with Gasteiger partial charge in [0.2, 0.25) is 5.88 Å². The van der Waals surface area contributed by atoms with Crippen LogP contribution in [-0.2, 0) is 10.2 Å². The summed E-state index contributed by atoms with van der Waals surface area (Å²) in [5, 5.41) is 3.21. The van der Waals surface area contributed by atoms with Crippen LogP contribution in [-0.4, -0.2) is 35.8 Å². The Bertz CT molecular complexity index is 416. The van der Waals surface area contributed by atoms with E-state index >= 15 is 0 Å². The van der Waals surface area contributed by atoms with E-state index in [1.165, 1.54) is 0 Å². The Morgan fingerprint density at radius 2 is 1.95 bits per heavy atom. The van der Waals surface area contributed by atoms with Gasteiger partial charge in [0.25, 0.3) is 0 Å². The van der Waals surface area contributed by atoms with E-state index in [4.69, 9.17) is 9.47 Å². The average molecular weight is 281 g/mol. The van der Waals surface area contributed by atoms with E-state index < -0.39 is 0 Å². The number of hydrogen-bond donors (Lipinski definition) is 1. The van der Waals surface area contributed by atoms with Crippen molar-refractivity contribution in [1.29, 1.82) is 0 Å². The molecule has 0 saturated carbocycles. The lowest BCUT2D eigenvalue weighted by molar-refractivity contribution is 0.0631. The molecule has 0 bridgehead atoms. The monoisotopic (exact) mass is 281 g/mol. The van der Waals surface area contributed by atoms with E-state index in [0.717, 1.165) is 18.2 Å². The third kappa shape index (κ3) is 5.33. The Morgan fingerprint density at radius 1 is 1.25 bits per heavy atom. The van der Waals surface area contributed by atoms with Gasteiger partial charge in [-0.05, 0) is 20.8 Å². The maximum absolute atomic E-state index is 5.82. The van der Waals surface area contributed by atoms with Crippen molar-refractivity contribution in [3.05, 3.63) is 11.9 Å². The summed E-state index contributed by atoms with van der Waals surface area (Å²) < 4.78 is 11.2. The fourth-order valence-electron chi connectivity index (χ4n) is 1.62. The second-order valence-electron chi connectivity index (χ2n) is 5.78. The molecule has 0 spiro atoms. The summed E-state index contributed by atoms with van der Waals surface area (Å²) in [6.45, 7) is 14.3. The van der Waals surface area contributed by atoms with E-state index in [0.29, 0.717) is 19.1 Å². The average Bonchev–Trinajstić information content (AvgIpc) is 2.35. The molecule has 5 nitrogen and oxygen atoms in total. The Morgan fingerprint density at radius 3 is 2.50 bits per heavy atom. The number of anilines is 1. The molecule has 0 aliphatic rings. The molecule has 1 rings (SSSR count). The summed E-state index contributed by atoms with van der Waals surface area (Å²) in [7, 11) is 0. The fourth-order valence-corrected chi connectivity index (χ4v) is 1.62. The highest BCUT2D eigenvalue weighted by molar-refractivity contribution is 5.39. The first-order valence-corrected chi connectivity index (χ1v) is 7.24. The van der Waals surface area contributed by atoms with E-state index in [9.17, 15) is 0 Å². The molecule has 1 heterocycles.